The minimum absolute atomic E-state index is 0.0512. The van der Waals surface area contributed by atoms with Crippen molar-refractivity contribution in [2.45, 2.75) is 37.6 Å². The summed E-state index contributed by atoms with van der Waals surface area (Å²) in [6, 6.07) is 16.7. The molecule has 1 aliphatic carbocycles. The van der Waals surface area contributed by atoms with E-state index in [1.54, 1.807) is 0 Å². The van der Waals surface area contributed by atoms with Crippen molar-refractivity contribution in [3.63, 3.8) is 0 Å². The Hall–Kier alpha value is -2.18. The Bertz CT molecular complexity index is 1000. The molecule has 136 valence electrons. The normalized spacial score (nSPS) is 21.1. The van der Waals surface area contributed by atoms with Gasteiger partial charge in [0.2, 0.25) is 10.0 Å². The van der Waals surface area contributed by atoms with Gasteiger partial charge in [0.1, 0.15) is 5.82 Å². The molecule has 1 fully saturated rings. The third-order valence-electron chi connectivity index (χ3n) is 5.10. The van der Waals surface area contributed by atoms with Crippen molar-refractivity contribution in [1.82, 2.24) is 14.7 Å². The Morgan fingerprint density at radius 2 is 1.73 bits per heavy atom. The van der Waals surface area contributed by atoms with Crippen LogP contribution in [0.5, 0.6) is 0 Å². The first kappa shape index (κ1) is 17.2. The highest BCUT2D eigenvalue weighted by Crippen LogP contribution is 2.33. The fourth-order valence-electron chi connectivity index (χ4n) is 3.82. The third-order valence-corrected chi connectivity index (χ3v) is 5.86. The summed E-state index contributed by atoms with van der Waals surface area (Å²) >= 11 is 0. The molecule has 0 bridgehead atoms. The summed E-state index contributed by atoms with van der Waals surface area (Å²) in [4.78, 5) is 8.29. The fraction of sp³-hybridized carbons (Fsp3) is 0.350. The van der Waals surface area contributed by atoms with Crippen LogP contribution in [0.15, 0.2) is 48.5 Å². The molecule has 0 unspecified atom stereocenters. The molecule has 0 atom stereocenters. The number of hydrogen-bond acceptors (Lipinski definition) is 3. The van der Waals surface area contributed by atoms with Crippen LogP contribution in [0.2, 0.25) is 0 Å². The van der Waals surface area contributed by atoms with Crippen LogP contribution >= 0.6 is 0 Å². The van der Waals surface area contributed by atoms with Crippen molar-refractivity contribution in [3.8, 4) is 11.1 Å². The standard InChI is InChI=1S/C20H23N3O2S/c1-26(24,25)23-17-10-7-15(8-11-17)20-21-18-12-9-16(13-19(18)22-20)14-5-3-2-4-6-14/h2-6,9,12-13,15,17,23H,7-8,10-11H2,1H3,(H,21,22)/t15-,17+. The highest BCUT2D eigenvalue weighted by molar-refractivity contribution is 7.88. The average Bonchev–Trinajstić information content (AvgIpc) is 3.05. The molecule has 2 aromatic carbocycles. The van der Waals surface area contributed by atoms with Crippen molar-refractivity contribution in [2.75, 3.05) is 6.26 Å². The van der Waals surface area contributed by atoms with Gasteiger partial charge < -0.3 is 4.98 Å². The second-order valence-corrected chi connectivity index (χ2v) is 8.94. The van der Waals surface area contributed by atoms with E-state index in [0.717, 1.165) is 48.1 Å². The lowest BCUT2D eigenvalue weighted by atomic mass is 9.86. The van der Waals surface area contributed by atoms with Gasteiger partial charge in [0.25, 0.3) is 0 Å². The van der Waals surface area contributed by atoms with Crippen molar-refractivity contribution >= 4 is 21.1 Å². The van der Waals surface area contributed by atoms with Gasteiger partial charge in [-0.05, 0) is 48.9 Å². The van der Waals surface area contributed by atoms with Crippen LogP contribution < -0.4 is 4.72 Å². The van der Waals surface area contributed by atoms with Gasteiger partial charge in [-0.25, -0.2) is 18.1 Å². The minimum atomic E-state index is -3.13. The molecule has 5 nitrogen and oxygen atoms in total. The molecule has 3 aromatic rings. The summed E-state index contributed by atoms with van der Waals surface area (Å²) in [7, 11) is -3.13. The number of benzene rings is 2. The highest BCUT2D eigenvalue weighted by atomic mass is 32.2. The molecule has 0 aliphatic heterocycles. The molecule has 1 aliphatic rings. The minimum Gasteiger partial charge on any atom is -0.342 e. The molecule has 0 spiro atoms. The topological polar surface area (TPSA) is 74.8 Å². The maximum atomic E-state index is 11.4. The van der Waals surface area contributed by atoms with E-state index in [1.165, 1.54) is 11.8 Å². The van der Waals surface area contributed by atoms with Gasteiger partial charge in [0, 0.05) is 12.0 Å². The summed E-state index contributed by atoms with van der Waals surface area (Å²) in [6.07, 6.45) is 4.81. The molecule has 6 heteroatoms. The second kappa shape index (κ2) is 6.85. The van der Waals surface area contributed by atoms with Gasteiger partial charge in [0.05, 0.1) is 17.3 Å². The maximum Gasteiger partial charge on any atom is 0.208 e. The Balaban J connectivity index is 1.52. The molecule has 1 saturated carbocycles. The smallest absolute Gasteiger partial charge is 0.208 e. The van der Waals surface area contributed by atoms with Crippen LogP contribution in [0.4, 0.5) is 0 Å². The zero-order valence-corrected chi connectivity index (χ0v) is 15.6. The van der Waals surface area contributed by atoms with Crippen LogP contribution in [0.25, 0.3) is 22.2 Å². The zero-order valence-electron chi connectivity index (χ0n) is 14.8. The number of aromatic amines is 1. The predicted molar refractivity (Wildman–Crippen MR) is 105 cm³/mol. The number of nitrogens with one attached hydrogen (secondary N) is 2. The van der Waals surface area contributed by atoms with Gasteiger partial charge >= 0.3 is 0 Å². The van der Waals surface area contributed by atoms with E-state index in [4.69, 9.17) is 4.98 Å². The number of hydrogen-bond donors (Lipinski definition) is 2. The van der Waals surface area contributed by atoms with Gasteiger partial charge in [-0.1, -0.05) is 36.4 Å². The Morgan fingerprint density at radius 1 is 1.00 bits per heavy atom. The quantitative estimate of drug-likeness (QED) is 0.734. The summed E-state index contributed by atoms with van der Waals surface area (Å²) in [5, 5.41) is 0. The Labute approximate surface area is 153 Å². The van der Waals surface area contributed by atoms with E-state index in [0.29, 0.717) is 5.92 Å². The van der Waals surface area contributed by atoms with Crippen LogP contribution in [-0.2, 0) is 10.0 Å². The maximum absolute atomic E-state index is 11.4. The number of nitrogens with zero attached hydrogens (tertiary/aromatic N) is 1. The number of H-pyrrole nitrogens is 1. The molecule has 4 rings (SSSR count). The molecule has 2 N–H and O–H groups in total. The zero-order chi connectivity index (χ0) is 18.1. The molecule has 26 heavy (non-hydrogen) atoms. The van der Waals surface area contributed by atoms with Crippen molar-refractivity contribution < 1.29 is 8.42 Å². The SMILES string of the molecule is CS(=O)(=O)N[C@H]1CC[C@@H](c2nc3cc(-c4ccccc4)ccc3[nH]2)CC1. The van der Waals surface area contributed by atoms with E-state index in [9.17, 15) is 8.42 Å². The van der Waals surface area contributed by atoms with Crippen molar-refractivity contribution in [3.05, 3.63) is 54.4 Å². The van der Waals surface area contributed by atoms with Crippen molar-refractivity contribution in [2.24, 2.45) is 0 Å². The lowest BCUT2D eigenvalue weighted by Crippen LogP contribution is -2.36. The highest BCUT2D eigenvalue weighted by Gasteiger charge is 2.26. The second-order valence-electron chi connectivity index (χ2n) is 7.16. The number of fused-ring (bicyclic) bond motifs is 1. The van der Waals surface area contributed by atoms with Gasteiger partial charge in [-0.2, -0.15) is 0 Å². The van der Waals surface area contributed by atoms with Crippen LogP contribution in [0.1, 0.15) is 37.4 Å². The van der Waals surface area contributed by atoms with E-state index in [-0.39, 0.29) is 6.04 Å². The van der Waals surface area contributed by atoms with E-state index >= 15 is 0 Å². The molecular weight excluding hydrogens is 346 g/mol. The first-order chi connectivity index (χ1) is 12.5. The number of imidazole rings is 1. The summed E-state index contributed by atoms with van der Waals surface area (Å²) in [5.74, 6) is 1.38. The predicted octanol–water partition coefficient (Wildman–Crippen LogP) is 3.81. The lowest BCUT2D eigenvalue weighted by molar-refractivity contribution is 0.367. The lowest BCUT2D eigenvalue weighted by Gasteiger charge is -2.27. The van der Waals surface area contributed by atoms with Gasteiger partial charge in [0.15, 0.2) is 0 Å². The molecular formula is C20H23N3O2S. The number of rotatable bonds is 4. The first-order valence-electron chi connectivity index (χ1n) is 9.00. The molecule has 0 amide bonds. The monoisotopic (exact) mass is 369 g/mol. The van der Waals surface area contributed by atoms with Crippen molar-refractivity contribution in [1.29, 1.82) is 0 Å². The Morgan fingerprint density at radius 3 is 2.42 bits per heavy atom. The first-order valence-corrected chi connectivity index (χ1v) is 10.9. The summed E-state index contributed by atoms with van der Waals surface area (Å²) in [5.41, 5.74) is 4.39. The number of aromatic nitrogens is 2. The van der Waals surface area contributed by atoms with Gasteiger partial charge in [-0.3, -0.25) is 0 Å². The molecule has 0 radical (unpaired) electrons. The Kier molecular flexibility index (Phi) is 4.54. The third kappa shape index (κ3) is 3.81. The summed E-state index contributed by atoms with van der Waals surface area (Å²) < 4.78 is 25.5. The van der Waals surface area contributed by atoms with E-state index < -0.39 is 10.0 Å². The van der Waals surface area contributed by atoms with E-state index in [1.807, 2.05) is 18.2 Å². The average molecular weight is 369 g/mol. The van der Waals surface area contributed by atoms with Crippen LogP contribution in [-0.4, -0.2) is 30.7 Å². The van der Waals surface area contributed by atoms with E-state index in [2.05, 4.69) is 40.0 Å². The molecule has 0 saturated heterocycles. The largest absolute Gasteiger partial charge is 0.342 e. The molecule has 1 heterocycles. The number of sulfonamides is 1. The van der Waals surface area contributed by atoms with Crippen LogP contribution in [0, 0.1) is 0 Å². The van der Waals surface area contributed by atoms with Crippen LogP contribution in [0.3, 0.4) is 0 Å². The summed E-state index contributed by atoms with van der Waals surface area (Å²) in [6.45, 7) is 0. The fourth-order valence-corrected chi connectivity index (χ4v) is 4.66. The molecule has 1 aromatic heterocycles. The van der Waals surface area contributed by atoms with Gasteiger partial charge in [-0.15, -0.1) is 0 Å².